The zero-order chi connectivity index (χ0) is 17.1. The van der Waals surface area contributed by atoms with Crippen molar-refractivity contribution in [3.8, 4) is 0 Å². The van der Waals surface area contributed by atoms with E-state index in [0.29, 0.717) is 26.3 Å². The number of nitrogens with one attached hydrogen (secondary N) is 1. The quantitative estimate of drug-likeness (QED) is 0.465. The molecule has 0 atom stereocenters. The predicted molar refractivity (Wildman–Crippen MR) is 92.4 cm³/mol. The molecule has 2 aromatic heterocycles. The summed E-state index contributed by atoms with van der Waals surface area (Å²) in [6.45, 7) is 0. The topological polar surface area (TPSA) is 131 Å². The van der Waals surface area contributed by atoms with Gasteiger partial charge in [-0.15, -0.1) is 0 Å². The number of rotatable bonds is 5. The van der Waals surface area contributed by atoms with Crippen LogP contribution >= 0.6 is 23.1 Å². The van der Waals surface area contributed by atoms with E-state index >= 15 is 0 Å². The van der Waals surface area contributed by atoms with E-state index in [2.05, 4.69) is 20.3 Å². The molecule has 2 heterocycles. The normalized spacial score (nSPS) is 10.7. The van der Waals surface area contributed by atoms with Crippen LogP contribution in [0.4, 0.5) is 10.9 Å². The Labute approximate surface area is 144 Å². The van der Waals surface area contributed by atoms with Crippen molar-refractivity contribution in [3.05, 3.63) is 36.0 Å². The van der Waals surface area contributed by atoms with E-state index in [1.165, 1.54) is 29.7 Å². The van der Waals surface area contributed by atoms with Crippen LogP contribution < -0.4 is 11.1 Å². The number of carbonyl (C=O) groups is 2. The highest BCUT2D eigenvalue weighted by atomic mass is 32.2. The molecule has 8 nitrogen and oxygen atoms in total. The lowest BCUT2D eigenvalue weighted by atomic mass is 10.2. The van der Waals surface area contributed by atoms with Crippen molar-refractivity contribution in [1.82, 2.24) is 15.0 Å². The number of thioether (sulfide) groups is 1. The molecule has 1 aromatic carbocycles. The number of fused-ring (bicyclic) bond motifs is 1. The van der Waals surface area contributed by atoms with Gasteiger partial charge in [0, 0.05) is 6.20 Å². The number of carboxylic acid groups (broad SMARTS) is 1. The number of amides is 1. The molecule has 122 valence electrons. The van der Waals surface area contributed by atoms with Gasteiger partial charge in [0.2, 0.25) is 5.91 Å². The first-order valence-electron chi connectivity index (χ1n) is 6.66. The average Bonchev–Trinajstić information content (AvgIpc) is 2.94. The first-order valence-corrected chi connectivity index (χ1v) is 8.46. The standard InChI is InChI=1S/C14H11N5O3S2/c15-10-3-4-16-13(18-10)23-6-11(20)19-14-17-8-2-1-7(12(21)22)5-9(8)24-14/h1-5H,6H2,(H,21,22)(H2,15,16,18)(H,17,19,20). The van der Waals surface area contributed by atoms with Crippen LogP contribution in [0.2, 0.25) is 0 Å². The summed E-state index contributed by atoms with van der Waals surface area (Å²) in [6, 6.07) is 6.18. The summed E-state index contributed by atoms with van der Waals surface area (Å²) in [5.74, 6) is -0.814. The Kier molecular flexibility index (Phi) is 4.58. The van der Waals surface area contributed by atoms with Crippen LogP contribution in [0.15, 0.2) is 35.6 Å². The third kappa shape index (κ3) is 3.78. The fraction of sp³-hybridized carbons (Fsp3) is 0.0714. The van der Waals surface area contributed by atoms with E-state index in [9.17, 15) is 9.59 Å². The fourth-order valence-corrected chi connectivity index (χ4v) is 3.38. The number of hydrogen-bond donors (Lipinski definition) is 3. The molecule has 1 amide bonds. The van der Waals surface area contributed by atoms with Gasteiger partial charge in [-0.2, -0.15) is 0 Å². The summed E-state index contributed by atoms with van der Waals surface area (Å²) >= 11 is 2.37. The molecule has 0 aliphatic rings. The molecular weight excluding hydrogens is 350 g/mol. The molecule has 0 aliphatic carbocycles. The van der Waals surface area contributed by atoms with E-state index < -0.39 is 5.97 Å². The fourth-order valence-electron chi connectivity index (χ4n) is 1.82. The second-order valence-electron chi connectivity index (χ2n) is 4.61. The van der Waals surface area contributed by atoms with Crippen LogP contribution in [0.3, 0.4) is 0 Å². The van der Waals surface area contributed by atoms with Gasteiger partial charge in [0.15, 0.2) is 10.3 Å². The Morgan fingerprint density at radius 1 is 1.29 bits per heavy atom. The number of nitrogens with zero attached hydrogens (tertiary/aromatic N) is 3. The Morgan fingerprint density at radius 2 is 2.12 bits per heavy atom. The van der Waals surface area contributed by atoms with Crippen molar-refractivity contribution in [3.63, 3.8) is 0 Å². The van der Waals surface area contributed by atoms with Crippen LogP contribution in [0, 0.1) is 0 Å². The maximum atomic E-state index is 12.0. The summed E-state index contributed by atoms with van der Waals surface area (Å²) in [6.07, 6.45) is 1.52. The first kappa shape index (κ1) is 16.1. The van der Waals surface area contributed by atoms with Crippen LogP contribution in [0.1, 0.15) is 10.4 Å². The number of nitrogen functional groups attached to an aromatic ring is 1. The minimum absolute atomic E-state index is 0.111. The molecule has 3 rings (SSSR count). The van der Waals surface area contributed by atoms with E-state index in [0.717, 1.165) is 11.8 Å². The number of aromatic nitrogens is 3. The van der Waals surface area contributed by atoms with E-state index in [-0.39, 0.29) is 17.2 Å². The van der Waals surface area contributed by atoms with Crippen molar-refractivity contribution in [1.29, 1.82) is 0 Å². The molecular formula is C14H11N5O3S2. The molecule has 0 aliphatic heterocycles. The van der Waals surface area contributed by atoms with E-state index in [1.807, 2.05) is 0 Å². The number of carboxylic acids is 1. The minimum Gasteiger partial charge on any atom is -0.478 e. The average molecular weight is 361 g/mol. The van der Waals surface area contributed by atoms with Gasteiger partial charge in [-0.05, 0) is 24.3 Å². The second-order valence-corrected chi connectivity index (χ2v) is 6.58. The third-order valence-electron chi connectivity index (χ3n) is 2.87. The Bertz CT molecular complexity index is 928. The van der Waals surface area contributed by atoms with Crippen LogP contribution in [0.5, 0.6) is 0 Å². The lowest BCUT2D eigenvalue weighted by Crippen LogP contribution is -2.14. The van der Waals surface area contributed by atoms with E-state index in [4.69, 9.17) is 10.8 Å². The molecule has 0 unspecified atom stereocenters. The number of aromatic carboxylic acids is 1. The minimum atomic E-state index is -1.01. The van der Waals surface area contributed by atoms with Gasteiger partial charge in [-0.3, -0.25) is 4.79 Å². The van der Waals surface area contributed by atoms with Crippen LogP contribution in [-0.4, -0.2) is 37.7 Å². The summed E-state index contributed by atoms with van der Waals surface area (Å²) in [4.78, 5) is 35.2. The monoisotopic (exact) mass is 361 g/mol. The van der Waals surface area contributed by atoms with Crippen LogP contribution in [-0.2, 0) is 4.79 Å². The van der Waals surface area contributed by atoms with Crippen LogP contribution in [0.25, 0.3) is 10.2 Å². The lowest BCUT2D eigenvalue weighted by Gasteiger charge is -2.01. The molecule has 0 spiro atoms. The van der Waals surface area contributed by atoms with Gasteiger partial charge in [0.1, 0.15) is 5.82 Å². The third-order valence-corrected chi connectivity index (χ3v) is 4.66. The summed E-state index contributed by atoms with van der Waals surface area (Å²) < 4.78 is 0.692. The lowest BCUT2D eigenvalue weighted by molar-refractivity contribution is -0.113. The van der Waals surface area contributed by atoms with E-state index in [1.54, 1.807) is 12.1 Å². The van der Waals surface area contributed by atoms with Gasteiger partial charge < -0.3 is 16.2 Å². The van der Waals surface area contributed by atoms with Crippen molar-refractivity contribution >= 4 is 56.1 Å². The smallest absolute Gasteiger partial charge is 0.335 e. The predicted octanol–water partition coefficient (Wildman–Crippen LogP) is 2.10. The molecule has 0 bridgehead atoms. The summed E-state index contributed by atoms with van der Waals surface area (Å²) in [7, 11) is 0. The number of benzene rings is 1. The molecule has 4 N–H and O–H groups in total. The number of hydrogen-bond acceptors (Lipinski definition) is 8. The molecule has 0 saturated carbocycles. The van der Waals surface area contributed by atoms with Gasteiger partial charge in [-0.1, -0.05) is 23.1 Å². The highest BCUT2D eigenvalue weighted by Gasteiger charge is 2.11. The zero-order valence-corrected chi connectivity index (χ0v) is 13.7. The largest absolute Gasteiger partial charge is 0.478 e. The summed E-state index contributed by atoms with van der Waals surface area (Å²) in [5, 5.41) is 12.5. The van der Waals surface area contributed by atoms with Crippen molar-refractivity contribution in [2.24, 2.45) is 0 Å². The number of anilines is 2. The molecule has 0 saturated heterocycles. The highest BCUT2D eigenvalue weighted by molar-refractivity contribution is 7.99. The zero-order valence-electron chi connectivity index (χ0n) is 12.1. The number of thiazole rings is 1. The molecule has 0 radical (unpaired) electrons. The molecule has 3 aromatic rings. The summed E-state index contributed by atoms with van der Waals surface area (Å²) in [5.41, 5.74) is 6.36. The molecule has 0 fully saturated rings. The first-order chi connectivity index (χ1) is 11.5. The van der Waals surface area contributed by atoms with Crippen molar-refractivity contribution in [2.75, 3.05) is 16.8 Å². The number of nitrogens with two attached hydrogens (primary N) is 1. The maximum absolute atomic E-state index is 12.0. The Balaban J connectivity index is 1.65. The van der Waals surface area contributed by atoms with Gasteiger partial charge in [0.25, 0.3) is 0 Å². The van der Waals surface area contributed by atoms with Crippen molar-refractivity contribution in [2.45, 2.75) is 5.16 Å². The van der Waals surface area contributed by atoms with Gasteiger partial charge in [0.05, 0.1) is 21.5 Å². The maximum Gasteiger partial charge on any atom is 0.335 e. The Hall–Kier alpha value is -2.72. The SMILES string of the molecule is Nc1ccnc(SCC(=O)Nc2nc3ccc(C(=O)O)cc3s2)n1. The highest BCUT2D eigenvalue weighted by Crippen LogP contribution is 2.27. The van der Waals surface area contributed by atoms with Gasteiger partial charge >= 0.3 is 5.97 Å². The molecule has 10 heteroatoms. The second kappa shape index (κ2) is 6.81. The number of carbonyl (C=O) groups excluding carboxylic acids is 1. The molecule has 24 heavy (non-hydrogen) atoms. The van der Waals surface area contributed by atoms with Gasteiger partial charge in [-0.25, -0.2) is 19.7 Å². The Morgan fingerprint density at radius 3 is 2.88 bits per heavy atom. The van der Waals surface area contributed by atoms with Crippen molar-refractivity contribution < 1.29 is 14.7 Å².